The van der Waals surface area contributed by atoms with Gasteiger partial charge in [0.25, 0.3) is 0 Å². The molecule has 3 rings (SSSR count). The van der Waals surface area contributed by atoms with Crippen LogP contribution in [0.1, 0.15) is 21.5 Å². The smallest absolute Gasteiger partial charge is 0.196 e. The molecule has 0 saturated carbocycles. The van der Waals surface area contributed by atoms with Gasteiger partial charge in [-0.1, -0.05) is 23.7 Å². The highest BCUT2D eigenvalue weighted by atomic mass is 35.5. The maximum atomic E-state index is 13.1. The summed E-state index contributed by atoms with van der Waals surface area (Å²) in [6.45, 7) is 1.94. The first-order valence-corrected chi connectivity index (χ1v) is 6.52. The summed E-state index contributed by atoms with van der Waals surface area (Å²) < 4.78 is 13.1. The molecule has 0 amide bonds. The number of H-pyrrole nitrogens is 1. The zero-order valence-corrected chi connectivity index (χ0v) is 11.5. The zero-order valence-electron chi connectivity index (χ0n) is 10.7. The quantitative estimate of drug-likeness (QED) is 0.692. The highest BCUT2D eigenvalue weighted by Gasteiger charge is 2.18. The molecular weight excluding hydrogens is 277 g/mol. The molecule has 0 atom stereocenters. The van der Waals surface area contributed by atoms with Crippen molar-refractivity contribution >= 4 is 28.3 Å². The van der Waals surface area contributed by atoms with Crippen molar-refractivity contribution in [2.75, 3.05) is 0 Å². The van der Waals surface area contributed by atoms with Crippen LogP contribution in [0.5, 0.6) is 0 Å². The summed E-state index contributed by atoms with van der Waals surface area (Å²) >= 11 is 5.96. The minimum Gasteiger partial charge on any atom is -0.360 e. The number of carbonyl (C=O) groups excluding carboxylic acids is 1. The van der Waals surface area contributed by atoms with Crippen molar-refractivity contribution in [3.8, 4) is 0 Å². The average Bonchev–Trinajstić information content (AvgIpc) is 2.83. The van der Waals surface area contributed by atoms with Gasteiger partial charge in [0, 0.05) is 28.2 Å². The number of aromatic nitrogens is 1. The van der Waals surface area contributed by atoms with Gasteiger partial charge < -0.3 is 4.98 Å². The van der Waals surface area contributed by atoms with E-state index in [0.717, 1.165) is 22.5 Å². The highest BCUT2D eigenvalue weighted by Crippen LogP contribution is 2.27. The van der Waals surface area contributed by atoms with Crippen LogP contribution in [-0.2, 0) is 0 Å². The van der Waals surface area contributed by atoms with Crippen LogP contribution in [0.3, 0.4) is 0 Å². The van der Waals surface area contributed by atoms with Crippen molar-refractivity contribution < 1.29 is 9.18 Å². The van der Waals surface area contributed by atoms with E-state index < -0.39 is 5.82 Å². The van der Waals surface area contributed by atoms with Crippen LogP contribution in [0.2, 0.25) is 5.02 Å². The summed E-state index contributed by atoms with van der Waals surface area (Å²) in [6, 6.07) is 9.58. The fraction of sp³-hybridized carbons (Fsp3) is 0.0625. The Morgan fingerprint density at radius 1 is 1.20 bits per heavy atom. The summed E-state index contributed by atoms with van der Waals surface area (Å²) in [6.07, 6.45) is 1.67. The second kappa shape index (κ2) is 4.76. The van der Waals surface area contributed by atoms with Crippen LogP contribution in [0.15, 0.2) is 42.6 Å². The van der Waals surface area contributed by atoms with Gasteiger partial charge in [-0.25, -0.2) is 4.39 Å². The second-order valence-corrected chi connectivity index (χ2v) is 5.06. The van der Waals surface area contributed by atoms with E-state index in [9.17, 15) is 9.18 Å². The normalized spacial score (nSPS) is 10.9. The van der Waals surface area contributed by atoms with E-state index in [2.05, 4.69) is 4.98 Å². The summed E-state index contributed by atoms with van der Waals surface area (Å²) in [5, 5.41) is 0.996. The minimum atomic E-state index is -0.457. The Labute approximate surface area is 120 Å². The lowest BCUT2D eigenvalue weighted by Gasteiger charge is -2.04. The Bertz CT molecular complexity index is 822. The maximum absolute atomic E-state index is 13.1. The lowest BCUT2D eigenvalue weighted by atomic mass is 10.00. The van der Waals surface area contributed by atoms with Crippen LogP contribution >= 0.6 is 11.6 Å². The Balaban J connectivity index is 2.18. The molecule has 0 fully saturated rings. The number of aromatic amines is 1. The number of fused-ring (bicyclic) bond motifs is 1. The lowest BCUT2D eigenvalue weighted by molar-refractivity contribution is 0.104. The topological polar surface area (TPSA) is 32.9 Å². The molecule has 0 aliphatic heterocycles. The molecule has 0 aliphatic carbocycles. The van der Waals surface area contributed by atoms with Crippen LogP contribution < -0.4 is 0 Å². The van der Waals surface area contributed by atoms with E-state index in [4.69, 9.17) is 11.6 Å². The van der Waals surface area contributed by atoms with Gasteiger partial charge in [0.05, 0.1) is 5.02 Å². The number of ketones is 1. The predicted molar refractivity (Wildman–Crippen MR) is 77.9 cm³/mol. The van der Waals surface area contributed by atoms with E-state index in [-0.39, 0.29) is 10.8 Å². The van der Waals surface area contributed by atoms with E-state index >= 15 is 0 Å². The largest absolute Gasteiger partial charge is 0.360 e. The van der Waals surface area contributed by atoms with Crippen molar-refractivity contribution in [3.05, 3.63) is 70.1 Å². The Hall–Kier alpha value is -2.13. The zero-order chi connectivity index (χ0) is 14.3. The SMILES string of the molecule is Cc1cccc2[nH]cc(C(=O)c3ccc(F)cc3Cl)c12. The molecule has 0 spiro atoms. The maximum Gasteiger partial charge on any atom is 0.196 e. The van der Waals surface area contributed by atoms with Crippen molar-refractivity contribution in [1.82, 2.24) is 4.98 Å². The number of nitrogens with one attached hydrogen (secondary N) is 1. The Morgan fingerprint density at radius 3 is 2.75 bits per heavy atom. The number of halogens is 2. The molecule has 0 radical (unpaired) electrons. The molecule has 100 valence electrons. The molecule has 0 saturated heterocycles. The van der Waals surface area contributed by atoms with E-state index in [1.807, 2.05) is 25.1 Å². The van der Waals surface area contributed by atoms with Crippen LogP contribution in [0.25, 0.3) is 10.9 Å². The van der Waals surface area contributed by atoms with Gasteiger partial charge in [0.1, 0.15) is 5.82 Å². The van der Waals surface area contributed by atoms with Gasteiger partial charge in [0.15, 0.2) is 5.78 Å². The summed E-state index contributed by atoms with van der Waals surface area (Å²) in [4.78, 5) is 15.7. The number of carbonyl (C=O) groups is 1. The molecule has 0 unspecified atom stereocenters. The number of hydrogen-bond donors (Lipinski definition) is 1. The van der Waals surface area contributed by atoms with Crippen molar-refractivity contribution in [2.24, 2.45) is 0 Å². The van der Waals surface area contributed by atoms with Crippen molar-refractivity contribution in [2.45, 2.75) is 6.92 Å². The molecular formula is C16H11ClFNO. The van der Waals surface area contributed by atoms with Gasteiger partial charge in [-0.3, -0.25) is 4.79 Å². The van der Waals surface area contributed by atoms with Crippen LogP contribution in [-0.4, -0.2) is 10.8 Å². The minimum absolute atomic E-state index is 0.123. The third kappa shape index (κ3) is 2.00. The lowest BCUT2D eigenvalue weighted by Crippen LogP contribution is -2.02. The fourth-order valence-electron chi connectivity index (χ4n) is 2.37. The van der Waals surface area contributed by atoms with Crippen LogP contribution in [0.4, 0.5) is 4.39 Å². The third-order valence-electron chi connectivity index (χ3n) is 3.33. The molecule has 2 nitrogen and oxygen atoms in total. The molecule has 0 bridgehead atoms. The Morgan fingerprint density at radius 2 is 2.00 bits per heavy atom. The summed E-state index contributed by atoms with van der Waals surface area (Å²) in [5.74, 6) is -0.669. The molecule has 3 aromatic rings. The molecule has 1 heterocycles. The number of hydrogen-bond acceptors (Lipinski definition) is 1. The second-order valence-electron chi connectivity index (χ2n) is 4.65. The monoisotopic (exact) mass is 287 g/mol. The summed E-state index contributed by atoms with van der Waals surface area (Å²) in [5.41, 5.74) is 2.75. The van der Waals surface area contributed by atoms with Gasteiger partial charge in [0.2, 0.25) is 0 Å². The first kappa shape index (κ1) is 12.9. The Kier molecular flexibility index (Phi) is 3.07. The molecule has 2 aromatic carbocycles. The summed E-state index contributed by atoms with van der Waals surface area (Å²) in [7, 11) is 0. The highest BCUT2D eigenvalue weighted by molar-refractivity contribution is 6.35. The average molecular weight is 288 g/mol. The van der Waals surface area contributed by atoms with E-state index in [1.54, 1.807) is 6.20 Å². The van der Waals surface area contributed by atoms with Crippen molar-refractivity contribution in [3.63, 3.8) is 0 Å². The molecule has 0 aliphatic rings. The van der Waals surface area contributed by atoms with Crippen LogP contribution in [0, 0.1) is 12.7 Å². The van der Waals surface area contributed by atoms with Gasteiger partial charge in [-0.05, 0) is 36.8 Å². The first-order valence-electron chi connectivity index (χ1n) is 6.14. The van der Waals surface area contributed by atoms with Crippen molar-refractivity contribution in [1.29, 1.82) is 0 Å². The van der Waals surface area contributed by atoms with Gasteiger partial charge >= 0.3 is 0 Å². The molecule has 20 heavy (non-hydrogen) atoms. The first-order chi connectivity index (χ1) is 9.58. The molecule has 4 heteroatoms. The number of rotatable bonds is 2. The fourth-order valence-corrected chi connectivity index (χ4v) is 2.62. The molecule has 1 N–H and O–H groups in total. The third-order valence-corrected chi connectivity index (χ3v) is 3.65. The number of benzene rings is 2. The van der Waals surface area contributed by atoms with E-state index in [1.165, 1.54) is 12.1 Å². The predicted octanol–water partition coefficient (Wildman–Crippen LogP) is 4.50. The van der Waals surface area contributed by atoms with E-state index in [0.29, 0.717) is 11.1 Å². The van der Waals surface area contributed by atoms with Gasteiger partial charge in [-0.2, -0.15) is 0 Å². The van der Waals surface area contributed by atoms with Gasteiger partial charge in [-0.15, -0.1) is 0 Å². The number of aryl methyl sites for hydroxylation is 1. The standard InChI is InChI=1S/C16H11ClFNO/c1-9-3-2-4-14-15(9)12(8-19-14)16(20)11-6-5-10(18)7-13(11)17/h2-8,19H,1H3. The molecule has 1 aromatic heterocycles.